The van der Waals surface area contributed by atoms with Crippen molar-refractivity contribution in [3.63, 3.8) is 0 Å². The summed E-state index contributed by atoms with van der Waals surface area (Å²) in [5.74, 6) is -1.47. The van der Waals surface area contributed by atoms with Gasteiger partial charge >= 0.3 is 12.0 Å². The predicted molar refractivity (Wildman–Crippen MR) is 72.9 cm³/mol. The monoisotopic (exact) mass is 290 g/mol. The smallest absolute Gasteiger partial charge is 0.337 e. The topological polar surface area (TPSA) is 131 Å². The number of nitrogens with zero attached hydrogens (tertiary/aromatic N) is 1. The molecule has 0 aromatic heterocycles. The number of carboxylic acid groups (broad SMARTS) is 1. The number of nitrogens with one attached hydrogen (secondary N) is 3. The first-order valence-corrected chi connectivity index (χ1v) is 6.09. The molecule has 0 unspecified atom stereocenters. The van der Waals surface area contributed by atoms with E-state index in [-0.39, 0.29) is 19.3 Å². The largest absolute Gasteiger partial charge is 0.481 e. The molecule has 0 spiro atoms. The second-order valence-corrected chi connectivity index (χ2v) is 4.07. The van der Waals surface area contributed by atoms with Crippen molar-refractivity contribution in [1.82, 2.24) is 10.9 Å². The summed E-state index contributed by atoms with van der Waals surface area (Å²) in [6.07, 6.45) is 0.0751. The first-order valence-electron chi connectivity index (χ1n) is 6.09. The van der Waals surface area contributed by atoms with Crippen LogP contribution in [0.25, 0.3) is 0 Å². The molecule has 0 saturated heterocycles. The number of urea groups is 1. The van der Waals surface area contributed by atoms with Crippen LogP contribution in [0.4, 0.5) is 10.5 Å². The summed E-state index contributed by atoms with van der Waals surface area (Å²) in [5, 5.41) is 19.6. The average Bonchev–Trinajstić information content (AvgIpc) is 2.45. The molecule has 21 heavy (non-hydrogen) atoms. The first-order chi connectivity index (χ1) is 10.0. The molecule has 8 heteroatoms. The number of carbonyl (C=O) groups excluding carboxylic acids is 2. The molecule has 110 valence electrons. The van der Waals surface area contributed by atoms with Crippen molar-refractivity contribution < 1.29 is 19.5 Å². The van der Waals surface area contributed by atoms with Crippen molar-refractivity contribution in [2.24, 2.45) is 0 Å². The summed E-state index contributed by atoms with van der Waals surface area (Å²) >= 11 is 0. The Labute approximate surface area is 120 Å². The molecule has 0 heterocycles. The predicted octanol–water partition coefficient (Wildman–Crippen LogP) is 0.966. The number of rotatable bonds is 5. The summed E-state index contributed by atoms with van der Waals surface area (Å²) < 4.78 is 0. The molecule has 8 nitrogen and oxygen atoms in total. The standard InChI is InChI=1S/C13H14N4O4/c14-8-9-3-1-4-10(7-9)15-13(21)17-16-11(18)5-2-6-12(19)20/h1,3-4,7H,2,5-6H2,(H,16,18)(H,19,20)(H2,15,17,21). The van der Waals surface area contributed by atoms with Gasteiger partial charge in [0.2, 0.25) is 5.91 Å². The minimum atomic E-state index is -0.981. The minimum absolute atomic E-state index is 0.00347. The van der Waals surface area contributed by atoms with Crippen LogP contribution in [0.2, 0.25) is 0 Å². The quantitative estimate of drug-likeness (QED) is 0.600. The fourth-order valence-electron chi connectivity index (χ4n) is 1.42. The van der Waals surface area contributed by atoms with Crippen LogP contribution < -0.4 is 16.2 Å². The third-order valence-electron chi connectivity index (χ3n) is 2.36. The number of hydrogen-bond acceptors (Lipinski definition) is 4. The van der Waals surface area contributed by atoms with Crippen molar-refractivity contribution in [1.29, 1.82) is 5.26 Å². The summed E-state index contributed by atoms with van der Waals surface area (Å²) in [6.45, 7) is 0. The number of carboxylic acids is 1. The Morgan fingerprint density at radius 3 is 2.62 bits per heavy atom. The van der Waals surface area contributed by atoms with Crippen molar-refractivity contribution in [2.45, 2.75) is 19.3 Å². The SMILES string of the molecule is N#Cc1cccc(NC(=O)NNC(=O)CCCC(=O)O)c1. The van der Waals surface area contributed by atoms with Crippen LogP contribution in [0, 0.1) is 11.3 Å². The molecule has 0 fully saturated rings. The van der Waals surface area contributed by atoms with Gasteiger partial charge in [-0.2, -0.15) is 5.26 Å². The first kappa shape index (κ1) is 16.0. The fraction of sp³-hybridized carbons (Fsp3) is 0.231. The molecule has 1 aromatic rings. The number of anilines is 1. The Bertz CT molecular complexity index is 580. The number of hydrazine groups is 1. The zero-order chi connectivity index (χ0) is 15.7. The fourth-order valence-corrected chi connectivity index (χ4v) is 1.42. The Morgan fingerprint density at radius 2 is 1.95 bits per heavy atom. The Hall–Kier alpha value is -3.08. The van der Waals surface area contributed by atoms with E-state index in [2.05, 4.69) is 16.2 Å². The maximum Gasteiger partial charge on any atom is 0.337 e. The average molecular weight is 290 g/mol. The highest BCUT2D eigenvalue weighted by Crippen LogP contribution is 2.09. The molecule has 0 aliphatic heterocycles. The van der Waals surface area contributed by atoms with Gasteiger partial charge in [0.1, 0.15) is 0 Å². The van der Waals surface area contributed by atoms with Gasteiger partial charge in [-0.3, -0.25) is 15.0 Å². The Morgan fingerprint density at radius 1 is 1.19 bits per heavy atom. The molecule has 0 aliphatic carbocycles. The van der Waals surface area contributed by atoms with Crippen LogP contribution in [0.3, 0.4) is 0 Å². The number of nitriles is 1. The molecule has 1 aromatic carbocycles. The maximum atomic E-state index is 11.5. The number of aliphatic carboxylic acids is 1. The van der Waals surface area contributed by atoms with Crippen molar-refractivity contribution >= 4 is 23.6 Å². The van der Waals surface area contributed by atoms with Gasteiger partial charge in [0.05, 0.1) is 11.6 Å². The van der Waals surface area contributed by atoms with Gasteiger partial charge in [0.15, 0.2) is 0 Å². The molecule has 1 rings (SSSR count). The third-order valence-corrected chi connectivity index (χ3v) is 2.36. The lowest BCUT2D eigenvalue weighted by Crippen LogP contribution is -2.43. The van der Waals surface area contributed by atoms with E-state index in [9.17, 15) is 14.4 Å². The second-order valence-electron chi connectivity index (χ2n) is 4.07. The summed E-state index contributed by atoms with van der Waals surface area (Å²) in [7, 11) is 0. The van der Waals surface area contributed by atoms with E-state index < -0.39 is 17.9 Å². The van der Waals surface area contributed by atoms with Gasteiger partial charge in [-0.05, 0) is 24.6 Å². The summed E-state index contributed by atoms with van der Waals surface area (Å²) in [6, 6.07) is 7.54. The van der Waals surface area contributed by atoms with Crippen molar-refractivity contribution in [3.8, 4) is 6.07 Å². The van der Waals surface area contributed by atoms with Gasteiger partial charge in [0.25, 0.3) is 0 Å². The van der Waals surface area contributed by atoms with E-state index in [1.54, 1.807) is 18.2 Å². The molecule has 0 atom stereocenters. The van der Waals surface area contributed by atoms with E-state index >= 15 is 0 Å². The molecule has 3 amide bonds. The minimum Gasteiger partial charge on any atom is -0.481 e. The van der Waals surface area contributed by atoms with Crippen LogP contribution in [0.5, 0.6) is 0 Å². The van der Waals surface area contributed by atoms with E-state index in [0.29, 0.717) is 11.3 Å². The third kappa shape index (κ3) is 6.58. The Balaban J connectivity index is 2.32. The van der Waals surface area contributed by atoms with Crippen LogP contribution in [0.15, 0.2) is 24.3 Å². The van der Waals surface area contributed by atoms with Crippen LogP contribution in [-0.4, -0.2) is 23.0 Å². The van der Waals surface area contributed by atoms with E-state index in [1.807, 2.05) is 6.07 Å². The highest BCUT2D eigenvalue weighted by Gasteiger charge is 2.06. The van der Waals surface area contributed by atoms with Crippen LogP contribution in [-0.2, 0) is 9.59 Å². The van der Waals surface area contributed by atoms with E-state index in [1.165, 1.54) is 6.07 Å². The molecular formula is C13H14N4O4. The highest BCUT2D eigenvalue weighted by atomic mass is 16.4. The van der Waals surface area contributed by atoms with Gasteiger partial charge in [-0.15, -0.1) is 0 Å². The number of benzene rings is 1. The van der Waals surface area contributed by atoms with E-state index in [4.69, 9.17) is 10.4 Å². The molecule has 0 aliphatic rings. The lowest BCUT2D eigenvalue weighted by atomic mass is 10.2. The molecule has 4 N–H and O–H groups in total. The molecular weight excluding hydrogens is 276 g/mol. The van der Waals surface area contributed by atoms with Gasteiger partial charge < -0.3 is 10.4 Å². The molecule has 0 radical (unpaired) electrons. The molecule has 0 saturated carbocycles. The number of amides is 3. The maximum absolute atomic E-state index is 11.5. The van der Waals surface area contributed by atoms with Crippen molar-refractivity contribution in [2.75, 3.05) is 5.32 Å². The normalized spacial score (nSPS) is 9.29. The van der Waals surface area contributed by atoms with Crippen LogP contribution in [0.1, 0.15) is 24.8 Å². The van der Waals surface area contributed by atoms with Crippen molar-refractivity contribution in [3.05, 3.63) is 29.8 Å². The van der Waals surface area contributed by atoms with Crippen LogP contribution >= 0.6 is 0 Å². The second kappa shape index (κ2) is 8.16. The lowest BCUT2D eigenvalue weighted by Gasteiger charge is -2.08. The number of carbonyl (C=O) groups is 3. The zero-order valence-electron chi connectivity index (χ0n) is 11.0. The van der Waals surface area contributed by atoms with Gasteiger partial charge in [0, 0.05) is 18.5 Å². The van der Waals surface area contributed by atoms with Gasteiger partial charge in [-0.25, -0.2) is 10.2 Å². The zero-order valence-corrected chi connectivity index (χ0v) is 11.0. The summed E-state index contributed by atoms with van der Waals surface area (Å²) in [5.41, 5.74) is 5.08. The van der Waals surface area contributed by atoms with Gasteiger partial charge in [-0.1, -0.05) is 6.07 Å². The lowest BCUT2D eigenvalue weighted by molar-refractivity contribution is -0.137. The molecule has 0 bridgehead atoms. The Kier molecular flexibility index (Phi) is 6.21. The van der Waals surface area contributed by atoms with E-state index in [0.717, 1.165) is 0 Å². The number of hydrogen-bond donors (Lipinski definition) is 4. The highest BCUT2D eigenvalue weighted by molar-refractivity contribution is 5.91. The summed E-state index contributed by atoms with van der Waals surface area (Å²) in [4.78, 5) is 33.0.